The summed E-state index contributed by atoms with van der Waals surface area (Å²) in [5, 5.41) is 4.46. The fourth-order valence-corrected chi connectivity index (χ4v) is 3.01. The van der Waals surface area contributed by atoms with Gasteiger partial charge in [-0.2, -0.15) is 0 Å². The number of hydrogen-bond donors (Lipinski definition) is 1. The Hall–Kier alpha value is -2.30. The molecule has 0 saturated carbocycles. The van der Waals surface area contributed by atoms with Crippen molar-refractivity contribution in [3.63, 3.8) is 0 Å². The molecule has 1 heterocycles. The lowest BCUT2D eigenvalue weighted by Crippen LogP contribution is -2.18. The molecule has 0 bridgehead atoms. The zero-order valence-electron chi connectivity index (χ0n) is 11.9. The number of aldehydes is 1. The van der Waals surface area contributed by atoms with Crippen LogP contribution in [0.4, 0.5) is 5.69 Å². The molecular formula is C17H12Cl2N2O2. The van der Waals surface area contributed by atoms with E-state index in [1.807, 2.05) is 24.3 Å². The molecule has 0 atom stereocenters. The van der Waals surface area contributed by atoms with Crippen molar-refractivity contribution in [1.29, 1.82) is 0 Å². The van der Waals surface area contributed by atoms with Crippen molar-refractivity contribution >= 4 is 52.0 Å². The van der Waals surface area contributed by atoms with Gasteiger partial charge in [0.15, 0.2) is 6.29 Å². The van der Waals surface area contributed by atoms with E-state index in [9.17, 15) is 9.59 Å². The average Bonchev–Trinajstić information content (AvgIpc) is 2.84. The number of aromatic nitrogens is 1. The molecule has 0 saturated heterocycles. The quantitative estimate of drug-likeness (QED) is 0.711. The highest BCUT2D eigenvalue weighted by Gasteiger charge is 2.11. The number of nitrogens with one attached hydrogen (secondary N) is 1. The molecule has 0 unspecified atom stereocenters. The molecule has 2 aromatic carbocycles. The maximum absolute atomic E-state index is 12.2. The lowest BCUT2D eigenvalue weighted by atomic mass is 10.2. The molecule has 1 aromatic heterocycles. The summed E-state index contributed by atoms with van der Waals surface area (Å²) in [6, 6.07) is 12.3. The van der Waals surface area contributed by atoms with E-state index in [0.717, 1.165) is 17.2 Å². The molecule has 0 spiro atoms. The Morgan fingerprint density at radius 2 is 1.83 bits per heavy atom. The van der Waals surface area contributed by atoms with Gasteiger partial charge in [0, 0.05) is 38.4 Å². The minimum Gasteiger partial charge on any atom is -0.337 e. The predicted octanol–water partition coefficient (Wildman–Crippen LogP) is 4.40. The summed E-state index contributed by atoms with van der Waals surface area (Å²) in [4.78, 5) is 23.4. The molecule has 4 nitrogen and oxygen atoms in total. The van der Waals surface area contributed by atoms with E-state index in [1.165, 1.54) is 0 Å². The fraction of sp³-hybridized carbons (Fsp3) is 0.0588. The third-order valence-electron chi connectivity index (χ3n) is 3.41. The molecule has 1 N–H and O–H groups in total. The Balaban J connectivity index is 1.84. The Morgan fingerprint density at radius 3 is 2.52 bits per heavy atom. The van der Waals surface area contributed by atoms with Gasteiger partial charge < -0.3 is 9.88 Å². The lowest BCUT2D eigenvalue weighted by molar-refractivity contribution is -0.116. The highest BCUT2D eigenvalue weighted by molar-refractivity contribution is 6.35. The van der Waals surface area contributed by atoms with Gasteiger partial charge in [-0.1, -0.05) is 41.4 Å². The monoisotopic (exact) mass is 346 g/mol. The van der Waals surface area contributed by atoms with E-state index in [0.29, 0.717) is 21.3 Å². The van der Waals surface area contributed by atoms with Crippen LogP contribution >= 0.6 is 23.2 Å². The highest BCUT2D eigenvalue weighted by atomic mass is 35.5. The van der Waals surface area contributed by atoms with Crippen molar-refractivity contribution in [2.24, 2.45) is 0 Å². The number of nitrogens with zero attached hydrogens (tertiary/aromatic N) is 1. The maximum Gasteiger partial charge on any atom is 0.244 e. The van der Waals surface area contributed by atoms with Crippen LogP contribution in [-0.4, -0.2) is 16.8 Å². The SMILES string of the molecule is O=Cc1cn(CC(=O)Nc2cc(Cl)cc(Cl)c2)c2ccccc12. The largest absolute Gasteiger partial charge is 0.337 e. The van der Waals surface area contributed by atoms with Gasteiger partial charge in [-0.25, -0.2) is 0 Å². The average molecular weight is 347 g/mol. The highest BCUT2D eigenvalue weighted by Crippen LogP contribution is 2.23. The minimum absolute atomic E-state index is 0.0818. The number of carbonyl (C=O) groups is 2. The molecule has 0 radical (unpaired) electrons. The first-order chi connectivity index (χ1) is 11.1. The van der Waals surface area contributed by atoms with E-state index in [-0.39, 0.29) is 12.5 Å². The first-order valence-electron chi connectivity index (χ1n) is 6.86. The summed E-state index contributed by atoms with van der Waals surface area (Å²) >= 11 is 11.8. The Bertz CT molecular complexity index is 882. The first kappa shape index (κ1) is 15.6. The van der Waals surface area contributed by atoms with Crippen molar-refractivity contribution < 1.29 is 9.59 Å². The topological polar surface area (TPSA) is 51.1 Å². The molecule has 6 heteroatoms. The van der Waals surface area contributed by atoms with E-state index < -0.39 is 0 Å². The number of halogens is 2. The standard InChI is InChI=1S/C17H12Cl2N2O2/c18-12-5-13(19)7-14(6-12)20-17(23)9-21-8-11(10-22)15-3-1-2-4-16(15)21/h1-8,10H,9H2,(H,20,23). The zero-order valence-corrected chi connectivity index (χ0v) is 13.4. The lowest BCUT2D eigenvalue weighted by Gasteiger charge is -2.08. The van der Waals surface area contributed by atoms with Gasteiger partial charge in [0.2, 0.25) is 5.91 Å². The second-order valence-electron chi connectivity index (χ2n) is 5.05. The van der Waals surface area contributed by atoms with Crippen molar-refractivity contribution in [1.82, 2.24) is 4.57 Å². The summed E-state index contributed by atoms with van der Waals surface area (Å²) < 4.78 is 1.74. The number of para-hydroxylation sites is 1. The second kappa shape index (κ2) is 6.44. The Labute approximate surface area is 142 Å². The minimum atomic E-state index is -0.235. The maximum atomic E-state index is 12.2. The van der Waals surface area contributed by atoms with Crippen LogP contribution in [-0.2, 0) is 11.3 Å². The van der Waals surface area contributed by atoms with Crippen LogP contribution in [0.2, 0.25) is 10.0 Å². The van der Waals surface area contributed by atoms with E-state index >= 15 is 0 Å². The van der Waals surface area contributed by atoms with Gasteiger partial charge >= 0.3 is 0 Å². The number of hydrogen-bond acceptors (Lipinski definition) is 2. The third-order valence-corrected chi connectivity index (χ3v) is 3.84. The Morgan fingerprint density at radius 1 is 1.13 bits per heavy atom. The van der Waals surface area contributed by atoms with Crippen molar-refractivity contribution in [3.8, 4) is 0 Å². The zero-order chi connectivity index (χ0) is 16.4. The normalized spacial score (nSPS) is 10.7. The van der Waals surface area contributed by atoms with Crippen LogP contribution < -0.4 is 5.32 Å². The summed E-state index contributed by atoms with van der Waals surface area (Å²) in [7, 11) is 0. The smallest absolute Gasteiger partial charge is 0.244 e. The van der Waals surface area contributed by atoms with Gasteiger partial charge in [-0.3, -0.25) is 9.59 Å². The molecule has 1 amide bonds. The van der Waals surface area contributed by atoms with Gasteiger partial charge in [0.25, 0.3) is 0 Å². The molecule has 0 aliphatic heterocycles. The van der Waals surface area contributed by atoms with Crippen LogP contribution in [0.1, 0.15) is 10.4 Å². The van der Waals surface area contributed by atoms with Gasteiger partial charge in [-0.15, -0.1) is 0 Å². The molecule has 0 aliphatic rings. The molecule has 0 aliphatic carbocycles. The number of amides is 1. The summed E-state index contributed by atoms with van der Waals surface area (Å²) in [5.41, 5.74) is 1.91. The van der Waals surface area contributed by atoms with Crippen LogP contribution in [0.15, 0.2) is 48.7 Å². The molecule has 0 fully saturated rings. The number of anilines is 1. The predicted molar refractivity (Wildman–Crippen MR) is 92.4 cm³/mol. The van der Waals surface area contributed by atoms with Crippen LogP contribution in [0.5, 0.6) is 0 Å². The van der Waals surface area contributed by atoms with E-state index in [2.05, 4.69) is 5.32 Å². The summed E-state index contributed by atoms with van der Waals surface area (Å²) in [6.45, 7) is 0.0818. The molecule has 3 rings (SSSR count). The Kier molecular flexibility index (Phi) is 4.37. The number of fused-ring (bicyclic) bond motifs is 1. The fourth-order valence-electron chi connectivity index (χ4n) is 2.48. The van der Waals surface area contributed by atoms with Crippen LogP contribution in [0, 0.1) is 0 Å². The molecule has 23 heavy (non-hydrogen) atoms. The van der Waals surface area contributed by atoms with Crippen molar-refractivity contribution in [3.05, 3.63) is 64.3 Å². The summed E-state index contributed by atoms with van der Waals surface area (Å²) in [5.74, 6) is -0.235. The number of rotatable bonds is 4. The van der Waals surface area contributed by atoms with E-state index in [1.54, 1.807) is 29.0 Å². The van der Waals surface area contributed by atoms with Crippen LogP contribution in [0.25, 0.3) is 10.9 Å². The van der Waals surface area contributed by atoms with Gasteiger partial charge in [-0.05, 0) is 24.3 Å². The summed E-state index contributed by atoms with van der Waals surface area (Å²) in [6.07, 6.45) is 2.45. The number of benzene rings is 2. The van der Waals surface area contributed by atoms with Crippen molar-refractivity contribution in [2.75, 3.05) is 5.32 Å². The van der Waals surface area contributed by atoms with Gasteiger partial charge in [0.1, 0.15) is 6.54 Å². The molecule has 3 aromatic rings. The van der Waals surface area contributed by atoms with Crippen molar-refractivity contribution in [2.45, 2.75) is 6.54 Å². The third kappa shape index (κ3) is 3.38. The van der Waals surface area contributed by atoms with Gasteiger partial charge in [0.05, 0.1) is 0 Å². The number of carbonyl (C=O) groups excluding carboxylic acids is 2. The van der Waals surface area contributed by atoms with E-state index in [4.69, 9.17) is 23.2 Å². The first-order valence-corrected chi connectivity index (χ1v) is 7.61. The second-order valence-corrected chi connectivity index (χ2v) is 5.93. The van der Waals surface area contributed by atoms with Crippen LogP contribution in [0.3, 0.4) is 0 Å². The molecular weight excluding hydrogens is 335 g/mol. The molecule has 116 valence electrons.